The number of nitrogens with one attached hydrogen (secondary N) is 1. The summed E-state index contributed by atoms with van der Waals surface area (Å²) in [5.41, 5.74) is 4.36. The Morgan fingerprint density at radius 2 is 1.71 bits per heavy atom. The molecule has 0 saturated heterocycles. The number of benzene rings is 3. The van der Waals surface area contributed by atoms with Crippen LogP contribution in [0.4, 0.5) is 5.69 Å². The Hall–Kier alpha value is -3.98. The van der Waals surface area contributed by atoms with Crippen molar-refractivity contribution in [2.24, 2.45) is 0 Å². The number of nitrogens with zero attached hydrogens (tertiary/aromatic N) is 3. The zero-order valence-electron chi connectivity index (χ0n) is 20.0. The first-order valence-corrected chi connectivity index (χ1v) is 11.8. The van der Waals surface area contributed by atoms with Crippen LogP contribution in [0.1, 0.15) is 21.9 Å². The first-order valence-electron chi connectivity index (χ1n) is 10.9. The Labute approximate surface area is 208 Å². The number of amides is 1. The van der Waals surface area contributed by atoms with Gasteiger partial charge >= 0.3 is 0 Å². The summed E-state index contributed by atoms with van der Waals surface area (Å²) in [5.74, 6) is 7.80. The summed E-state index contributed by atoms with van der Waals surface area (Å²) in [7, 11) is 3.14. The maximum Gasteiger partial charge on any atom is 0.242 e. The third-order valence-corrected chi connectivity index (χ3v) is 6.73. The van der Waals surface area contributed by atoms with E-state index in [0.29, 0.717) is 28.0 Å². The molecule has 0 aliphatic heterocycles. The first-order chi connectivity index (χ1) is 16.9. The number of aromatic nitrogens is 3. The Balaban J connectivity index is 1.65. The highest BCUT2D eigenvalue weighted by atomic mass is 32.2. The molecular weight excluding hydrogens is 462 g/mol. The van der Waals surface area contributed by atoms with Crippen LogP contribution in [-0.2, 0) is 4.79 Å². The molecule has 4 aromatic rings. The van der Waals surface area contributed by atoms with Crippen LogP contribution in [0.25, 0.3) is 11.4 Å². The summed E-state index contributed by atoms with van der Waals surface area (Å²) in [6.07, 6.45) is 0. The van der Waals surface area contributed by atoms with E-state index in [1.54, 1.807) is 26.4 Å². The fourth-order valence-electron chi connectivity index (χ4n) is 3.60. The number of methoxy groups -OCH3 is 2. The van der Waals surface area contributed by atoms with Gasteiger partial charge in [0.1, 0.15) is 5.25 Å². The van der Waals surface area contributed by atoms with Gasteiger partial charge in [0.2, 0.25) is 11.1 Å². The van der Waals surface area contributed by atoms with Crippen LogP contribution < -0.4 is 20.6 Å². The number of rotatable bonds is 8. The minimum absolute atomic E-state index is 0.175. The number of hydrogen-bond donors (Lipinski definition) is 2. The smallest absolute Gasteiger partial charge is 0.242 e. The molecule has 0 saturated carbocycles. The molecule has 9 heteroatoms. The van der Waals surface area contributed by atoms with E-state index in [1.807, 2.05) is 68.4 Å². The molecule has 1 atom stereocenters. The van der Waals surface area contributed by atoms with E-state index in [2.05, 4.69) is 15.5 Å². The van der Waals surface area contributed by atoms with Crippen molar-refractivity contribution in [3.63, 3.8) is 0 Å². The van der Waals surface area contributed by atoms with Crippen LogP contribution in [0, 0.1) is 13.8 Å². The van der Waals surface area contributed by atoms with E-state index in [4.69, 9.17) is 15.3 Å². The van der Waals surface area contributed by atoms with Crippen LogP contribution in [0.5, 0.6) is 11.5 Å². The third kappa shape index (κ3) is 5.25. The van der Waals surface area contributed by atoms with Gasteiger partial charge in [0.05, 0.1) is 14.2 Å². The molecule has 0 bridgehead atoms. The predicted octanol–water partition coefficient (Wildman–Crippen LogP) is 4.77. The number of thioether (sulfide) groups is 1. The molecule has 0 radical (unpaired) electrons. The van der Waals surface area contributed by atoms with Gasteiger partial charge in [-0.1, -0.05) is 54.2 Å². The van der Waals surface area contributed by atoms with Crippen molar-refractivity contribution >= 4 is 23.4 Å². The molecule has 1 amide bonds. The maximum absolute atomic E-state index is 13.5. The van der Waals surface area contributed by atoms with E-state index in [1.165, 1.54) is 16.4 Å². The average Bonchev–Trinajstić information content (AvgIpc) is 3.24. The summed E-state index contributed by atoms with van der Waals surface area (Å²) in [5, 5.41) is 11.4. The topological polar surface area (TPSA) is 104 Å². The van der Waals surface area contributed by atoms with E-state index in [-0.39, 0.29) is 5.91 Å². The number of nitrogens with two attached hydrogens (primary N) is 1. The van der Waals surface area contributed by atoms with Crippen LogP contribution in [0.3, 0.4) is 0 Å². The maximum atomic E-state index is 13.5. The highest BCUT2D eigenvalue weighted by molar-refractivity contribution is 8.00. The van der Waals surface area contributed by atoms with Crippen LogP contribution in [0.2, 0.25) is 0 Å². The molecule has 1 heterocycles. The summed E-state index contributed by atoms with van der Waals surface area (Å²) >= 11 is 1.24. The number of anilines is 1. The fourth-order valence-corrected chi connectivity index (χ4v) is 4.56. The highest BCUT2D eigenvalue weighted by Crippen LogP contribution is 2.37. The van der Waals surface area contributed by atoms with E-state index < -0.39 is 5.25 Å². The van der Waals surface area contributed by atoms with Gasteiger partial charge in [0.15, 0.2) is 17.3 Å². The average molecular weight is 490 g/mol. The minimum Gasteiger partial charge on any atom is -0.493 e. The zero-order valence-corrected chi connectivity index (χ0v) is 20.8. The zero-order chi connectivity index (χ0) is 24.9. The lowest BCUT2D eigenvalue weighted by molar-refractivity contribution is -0.115. The molecule has 0 aliphatic carbocycles. The molecule has 180 valence electrons. The molecule has 0 aliphatic rings. The Kier molecular flexibility index (Phi) is 7.26. The summed E-state index contributed by atoms with van der Waals surface area (Å²) < 4.78 is 12.1. The number of nitrogen functional groups attached to an aromatic ring is 1. The number of aryl methyl sites for hydroxylation is 2. The van der Waals surface area contributed by atoms with E-state index in [0.717, 1.165) is 22.4 Å². The van der Waals surface area contributed by atoms with Crippen molar-refractivity contribution in [1.82, 2.24) is 14.9 Å². The molecule has 0 fully saturated rings. The second kappa shape index (κ2) is 10.5. The molecule has 0 unspecified atom stereocenters. The normalized spacial score (nSPS) is 11.7. The standard InChI is InChI=1S/C26H27N5O3S/c1-16-10-11-17(2)20(14-16)28-25(32)23(18-8-6-5-7-9-18)35-26-30-29-24(31(26)27)19-12-13-21(33-3)22(15-19)34-4/h5-15,23H,27H2,1-4H3,(H,28,32)/t23-/m0/s1. The molecule has 35 heavy (non-hydrogen) atoms. The lowest BCUT2D eigenvalue weighted by Crippen LogP contribution is -2.21. The lowest BCUT2D eigenvalue weighted by atomic mass is 10.1. The van der Waals surface area contributed by atoms with Crippen molar-refractivity contribution in [3.8, 4) is 22.9 Å². The van der Waals surface area contributed by atoms with Crippen LogP contribution in [0.15, 0.2) is 71.9 Å². The number of carbonyl (C=O) groups is 1. The van der Waals surface area contributed by atoms with Crippen molar-refractivity contribution in [1.29, 1.82) is 0 Å². The number of ether oxygens (including phenoxy) is 2. The summed E-state index contributed by atoms with van der Waals surface area (Å²) in [6.45, 7) is 3.96. The quantitative estimate of drug-likeness (QED) is 0.271. The van der Waals surface area contributed by atoms with Gasteiger partial charge in [-0.2, -0.15) is 0 Å². The van der Waals surface area contributed by atoms with Gasteiger partial charge in [0, 0.05) is 11.3 Å². The van der Waals surface area contributed by atoms with Gasteiger partial charge in [0.25, 0.3) is 0 Å². The summed E-state index contributed by atoms with van der Waals surface area (Å²) in [4.78, 5) is 13.5. The SMILES string of the molecule is COc1ccc(-c2nnc(S[C@H](C(=O)Nc3cc(C)ccc3C)c3ccccc3)n2N)cc1OC. The number of carbonyl (C=O) groups excluding carboxylic acids is 1. The predicted molar refractivity (Wildman–Crippen MR) is 138 cm³/mol. The summed E-state index contributed by atoms with van der Waals surface area (Å²) in [6, 6.07) is 20.9. The van der Waals surface area contributed by atoms with Crippen molar-refractivity contribution < 1.29 is 14.3 Å². The van der Waals surface area contributed by atoms with E-state index >= 15 is 0 Å². The van der Waals surface area contributed by atoms with Crippen molar-refractivity contribution in [3.05, 3.63) is 83.4 Å². The Morgan fingerprint density at radius 3 is 2.43 bits per heavy atom. The van der Waals surface area contributed by atoms with Crippen molar-refractivity contribution in [2.45, 2.75) is 24.3 Å². The minimum atomic E-state index is -0.596. The van der Waals surface area contributed by atoms with Crippen LogP contribution in [-0.4, -0.2) is 35.0 Å². The number of hydrogen-bond acceptors (Lipinski definition) is 7. The van der Waals surface area contributed by atoms with Crippen LogP contribution >= 0.6 is 11.8 Å². The highest BCUT2D eigenvalue weighted by Gasteiger charge is 2.26. The second-order valence-corrected chi connectivity index (χ2v) is 9.03. The largest absolute Gasteiger partial charge is 0.493 e. The van der Waals surface area contributed by atoms with Gasteiger partial charge < -0.3 is 20.6 Å². The Morgan fingerprint density at radius 1 is 0.971 bits per heavy atom. The molecule has 8 nitrogen and oxygen atoms in total. The Bertz CT molecular complexity index is 1340. The van der Waals surface area contributed by atoms with Gasteiger partial charge in [-0.15, -0.1) is 10.2 Å². The molecule has 0 spiro atoms. The first kappa shape index (κ1) is 24.2. The van der Waals surface area contributed by atoms with Gasteiger partial charge in [-0.05, 0) is 54.8 Å². The van der Waals surface area contributed by atoms with Gasteiger partial charge in [-0.25, -0.2) is 4.68 Å². The van der Waals surface area contributed by atoms with Gasteiger partial charge in [-0.3, -0.25) is 4.79 Å². The molecule has 3 aromatic carbocycles. The van der Waals surface area contributed by atoms with E-state index in [9.17, 15) is 4.79 Å². The molecule has 3 N–H and O–H groups in total. The molecular formula is C26H27N5O3S. The lowest BCUT2D eigenvalue weighted by Gasteiger charge is -2.18. The molecule has 1 aromatic heterocycles. The van der Waals surface area contributed by atoms with Crippen molar-refractivity contribution in [2.75, 3.05) is 25.4 Å². The molecule has 4 rings (SSSR count). The monoisotopic (exact) mass is 489 g/mol. The second-order valence-electron chi connectivity index (χ2n) is 7.96. The third-order valence-electron chi connectivity index (χ3n) is 5.52. The fraction of sp³-hybridized carbons (Fsp3) is 0.192.